The lowest BCUT2D eigenvalue weighted by Crippen LogP contribution is -2.43. The topological polar surface area (TPSA) is 81.6 Å². The fourth-order valence-corrected chi connectivity index (χ4v) is 1.31. The van der Waals surface area contributed by atoms with Gasteiger partial charge in [-0.05, 0) is 19.4 Å². The summed E-state index contributed by atoms with van der Waals surface area (Å²) in [7, 11) is 0. The summed E-state index contributed by atoms with van der Waals surface area (Å²) < 4.78 is 0. The van der Waals surface area contributed by atoms with Gasteiger partial charge < -0.3 is 20.8 Å². The zero-order chi connectivity index (χ0) is 9.68. The fraction of sp³-hybridized carbons (Fsp3) is 0.875. The zero-order valence-electron chi connectivity index (χ0n) is 7.49. The number of amides is 1. The number of aliphatic hydroxyl groups is 2. The van der Waals surface area contributed by atoms with Crippen LogP contribution < -0.4 is 10.6 Å². The molecule has 0 aliphatic carbocycles. The third-order valence-electron chi connectivity index (χ3n) is 2.10. The van der Waals surface area contributed by atoms with E-state index in [1.54, 1.807) is 0 Å². The van der Waals surface area contributed by atoms with Gasteiger partial charge >= 0.3 is 0 Å². The molecule has 0 radical (unpaired) electrons. The number of carbonyl (C=O) groups is 1. The molecule has 2 atom stereocenters. The Kier molecular flexibility index (Phi) is 4.14. The Morgan fingerprint density at radius 1 is 1.69 bits per heavy atom. The van der Waals surface area contributed by atoms with Gasteiger partial charge in [0, 0.05) is 6.54 Å². The Hall–Kier alpha value is -0.650. The van der Waals surface area contributed by atoms with Crippen LogP contribution in [0.1, 0.15) is 12.8 Å². The van der Waals surface area contributed by atoms with Crippen molar-refractivity contribution in [3.05, 3.63) is 0 Å². The molecule has 1 aliphatic heterocycles. The van der Waals surface area contributed by atoms with E-state index in [4.69, 9.17) is 10.2 Å². The Bertz CT molecular complexity index is 169. The molecule has 5 heteroatoms. The maximum absolute atomic E-state index is 11.3. The van der Waals surface area contributed by atoms with Crippen LogP contribution in [0.4, 0.5) is 0 Å². The molecule has 1 rings (SSSR count). The van der Waals surface area contributed by atoms with Crippen LogP contribution in [0.2, 0.25) is 0 Å². The highest BCUT2D eigenvalue weighted by Gasteiger charge is 2.21. The lowest BCUT2D eigenvalue weighted by atomic mass is 10.2. The molecule has 1 aliphatic rings. The van der Waals surface area contributed by atoms with Crippen LogP contribution in [0, 0.1) is 0 Å². The molecule has 13 heavy (non-hydrogen) atoms. The van der Waals surface area contributed by atoms with Gasteiger partial charge in [0.15, 0.2) is 0 Å². The second-order valence-electron chi connectivity index (χ2n) is 3.23. The molecule has 1 fully saturated rings. The van der Waals surface area contributed by atoms with Crippen molar-refractivity contribution in [1.82, 2.24) is 10.6 Å². The first-order valence-electron chi connectivity index (χ1n) is 4.54. The monoisotopic (exact) mass is 188 g/mol. The number of nitrogens with one attached hydrogen (secondary N) is 2. The molecule has 76 valence electrons. The van der Waals surface area contributed by atoms with E-state index in [0.29, 0.717) is 0 Å². The lowest BCUT2D eigenvalue weighted by molar-refractivity contribution is -0.123. The van der Waals surface area contributed by atoms with Gasteiger partial charge in [-0.3, -0.25) is 4.79 Å². The minimum absolute atomic E-state index is 0.0926. The standard InChI is InChI=1S/C8H16N2O3/c11-5-6(12)4-10-8(13)7-2-1-3-9-7/h6-7,9,11-12H,1-5H2,(H,10,13). The van der Waals surface area contributed by atoms with Crippen LogP contribution in [0.5, 0.6) is 0 Å². The minimum Gasteiger partial charge on any atom is -0.394 e. The number of hydrogen-bond donors (Lipinski definition) is 4. The number of rotatable bonds is 4. The molecule has 0 saturated carbocycles. The van der Waals surface area contributed by atoms with Crippen molar-refractivity contribution in [3.63, 3.8) is 0 Å². The third-order valence-corrected chi connectivity index (χ3v) is 2.10. The molecule has 5 nitrogen and oxygen atoms in total. The first-order valence-corrected chi connectivity index (χ1v) is 4.54. The second kappa shape index (κ2) is 5.16. The zero-order valence-corrected chi connectivity index (χ0v) is 7.49. The molecule has 1 amide bonds. The summed E-state index contributed by atoms with van der Waals surface area (Å²) in [5.74, 6) is -0.0926. The fourth-order valence-electron chi connectivity index (χ4n) is 1.31. The summed E-state index contributed by atoms with van der Waals surface area (Å²) in [6.07, 6.45) is 1.01. The molecule has 4 N–H and O–H groups in total. The van der Waals surface area contributed by atoms with Gasteiger partial charge in [0.05, 0.1) is 18.8 Å². The van der Waals surface area contributed by atoms with Gasteiger partial charge in [0.2, 0.25) is 5.91 Å². The van der Waals surface area contributed by atoms with Crippen LogP contribution in [0.25, 0.3) is 0 Å². The van der Waals surface area contributed by atoms with Crippen LogP contribution in [-0.2, 0) is 4.79 Å². The van der Waals surface area contributed by atoms with Gasteiger partial charge in [-0.2, -0.15) is 0 Å². The SMILES string of the molecule is O=C(NCC(O)CO)C1CCCN1. The largest absolute Gasteiger partial charge is 0.394 e. The van der Waals surface area contributed by atoms with Gasteiger partial charge in [0.25, 0.3) is 0 Å². The molecule has 0 bridgehead atoms. The summed E-state index contributed by atoms with van der Waals surface area (Å²) in [6, 6.07) is -0.120. The summed E-state index contributed by atoms with van der Waals surface area (Å²) >= 11 is 0. The molecule has 0 aromatic heterocycles. The van der Waals surface area contributed by atoms with Gasteiger partial charge in [-0.1, -0.05) is 0 Å². The van der Waals surface area contributed by atoms with E-state index in [0.717, 1.165) is 19.4 Å². The van der Waals surface area contributed by atoms with Crippen molar-refractivity contribution < 1.29 is 15.0 Å². The molecule has 0 aromatic carbocycles. The smallest absolute Gasteiger partial charge is 0.237 e. The molecular formula is C8H16N2O3. The van der Waals surface area contributed by atoms with Crippen LogP contribution in [0.15, 0.2) is 0 Å². The molecule has 0 aromatic rings. The maximum atomic E-state index is 11.3. The van der Waals surface area contributed by atoms with E-state index in [1.165, 1.54) is 0 Å². The summed E-state index contributed by atoms with van der Waals surface area (Å²) in [5, 5.41) is 23.1. The quantitative estimate of drug-likeness (QED) is 0.420. The predicted molar refractivity (Wildman–Crippen MR) is 47.1 cm³/mol. The maximum Gasteiger partial charge on any atom is 0.237 e. The van der Waals surface area contributed by atoms with Crippen LogP contribution in [-0.4, -0.2) is 48.0 Å². The number of aliphatic hydroxyl groups excluding tert-OH is 2. The lowest BCUT2D eigenvalue weighted by Gasteiger charge is -2.12. The summed E-state index contributed by atoms with van der Waals surface area (Å²) in [5.41, 5.74) is 0. The van der Waals surface area contributed by atoms with Crippen molar-refractivity contribution in [2.24, 2.45) is 0 Å². The van der Waals surface area contributed by atoms with Crippen molar-refractivity contribution in [3.8, 4) is 0 Å². The normalized spacial score (nSPS) is 24.3. The Morgan fingerprint density at radius 3 is 3.00 bits per heavy atom. The summed E-state index contributed by atoms with van der Waals surface area (Å²) in [6.45, 7) is 0.673. The van der Waals surface area contributed by atoms with Gasteiger partial charge in [-0.25, -0.2) is 0 Å². The Morgan fingerprint density at radius 2 is 2.46 bits per heavy atom. The van der Waals surface area contributed by atoms with E-state index in [1.807, 2.05) is 0 Å². The van der Waals surface area contributed by atoms with E-state index < -0.39 is 6.10 Å². The highest BCUT2D eigenvalue weighted by Crippen LogP contribution is 2.04. The van der Waals surface area contributed by atoms with Crippen molar-refractivity contribution in [2.45, 2.75) is 25.0 Å². The van der Waals surface area contributed by atoms with Crippen LogP contribution in [0.3, 0.4) is 0 Å². The first kappa shape index (κ1) is 10.4. The third kappa shape index (κ3) is 3.30. The van der Waals surface area contributed by atoms with E-state index >= 15 is 0 Å². The van der Waals surface area contributed by atoms with E-state index in [9.17, 15) is 4.79 Å². The number of hydrogen-bond acceptors (Lipinski definition) is 4. The minimum atomic E-state index is -0.856. The second-order valence-corrected chi connectivity index (χ2v) is 3.23. The van der Waals surface area contributed by atoms with Gasteiger partial charge in [0.1, 0.15) is 0 Å². The molecule has 0 spiro atoms. The van der Waals surface area contributed by atoms with Gasteiger partial charge in [-0.15, -0.1) is 0 Å². The molecular weight excluding hydrogens is 172 g/mol. The number of carbonyl (C=O) groups excluding carboxylic acids is 1. The van der Waals surface area contributed by atoms with Crippen LogP contribution >= 0.6 is 0 Å². The Balaban J connectivity index is 2.16. The summed E-state index contributed by atoms with van der Waals surface area (Å²) in [4.78, 5) is 11.3. The molecule has 1 saturated heterocycles. The molecule has 1 heterocycles. The highest BCUT2D eigenvalue weighted by atomic mass is 16.3. The van der Waals surface area contributed by atoms with Crippen molar-refractivity contribution in [2.75, 3.05) is 19.7 Å². The van der Waals surface area contributed by atoms with Crippen molar-refractivity contribution in [1.29, 1.82) is 0 Å². The average Bonchev–Trinajstić information content (AvgIpc) is 2.66. The van der Waals surface area contributed by atoms with E-state index in [2.05, 4.69) is 10.6 Å². The van der Waals surface area contributed by atoms with E-state index in [-0.39, 0.29) is 25.1 Å². The average molecular weight is 188 g/mol. The molecule has 2 unspecified atom stereocenters. The highest BCUT2D eigenvalue weighted by molar-refractivity contribution is 5.81. The predicted octanol–water partition coefficient (Wildman–Crippen LogP) is -1.79. The first-order chi connectivity index (χ1) is 6.24. The Labute approximate surface area is 77.1 Å². The van der Waals surface area contributed by atoms with Crippen molar-refractivity contribution >= 4 is 5.91 Å².